The SMILES string of the molecule is CCCCC(Cc1cccc2c1C1(OC(=O)c3ccccc31)c1cc(Nc3ccccc3)c(C)cc1O2)C(C)C. The lowest BCUT2D eigenvalue weighted by atomic mass is 9.73. The summed E-state index contributed by atoms with van der Waals surface area (Å²) in [6.07, 6.45) is 4.46. The number of esters is 1. The van der Waals surface area contributed by atoms with Gasteiger partial charge in [-0.15, -0.1) is 0 Å². The predicted molar refractivity (Wildman–Crippen MR) is 161 cm³/mol. The topological polar surface area (TPSA) is 47.6 Å². The first-order chi connectivity index (χ1) is 19.4. The molecule has 4 aromatic rings. The molecule has 2 aliphatic rings. The average molecular weight is 532 g/mol. The Labute approximate surface area is 237 Å². The van der Waals surface area contributed by atoms with E-state index in [4.69, 9.17) is 9.47 Å². The molecule has 0 fully saturated rings. The molecule has 4 aromatic carbocycles. The zero-order valence-electron chi connectivity index (χ0n) is 23.8. The molecule has 0 saturated carbocycles. The summed E-state index contributed by atoms with van der Waals surface area (Å²) in [6, 6.07) is 28.4. The number of aryl methyl sites for hydroxylation is 1. The molecule has 40 heavy (non-hydrogen) atoms. The molecule has 2 heterocycles. The summed E-state index contributed by atoms with van der Waals surface area (Å²) < 4.78 is 13.2. The number of hydrogen-bond acceptors (Lipinski definition) is 4. The standard InChI is InChI=1S/C36H37NO3/c1-5-6-13-25(23(2)3)21-26-14-12-19-32-34(26)36(29-18-11-10-17-28(29)35(38)40-36)30-22-31(24(4)20-33(30)39-32)37-27-15-8-7-9-16-27/h7-12,14-20,22-23,25,37H,5-6,13,21H2,1-4H3. The van der Waals surface area contributed by atoms with Crippen LogP contribution >= 0.6 is 0 Å². The van der Waals surface area contributed by atoms with Crippen molar-refractivity contribution in [3.05, 3.63) is 118 Å². The number of hydrogen-bond donors (Lipinski definition) is 1. The van der Waals surface area contributed by atoms with Crippen LogP contribution in [0.4, 0.5) is 11.4 Å². The number of fused-ring (bicyclic) bond motifs is 6. The average Bonchev–Trinajstić information content (AvgIpc) is 3.24. The number of para-hydroxylation sites is 1. The van der Waals surface area contributed by atoms with Crippen molar-refractivity contribution < 1.29 is 14.3 Å². The van der Waals surface area contributed by atoms with Crippen LogP contribution in [0.5, 0.6) is 11.5 Å². The van der Waals surface area contributed by atoms with E-state index in [9.17, 15) is 4.79 Å². The van der Waals surface area contributed by atoms with Crippen LogP contribution in [0.25, 0.3) is 0 Å². The van der Waals surface area contributed by atoms with Gasteiger partial charge in [-0.2, -0.15) is 0 Å². The zero-order chi connectivity index (χ0) is 27.9. The van der Waals surface area contributed by atoms with E-state index in [0.29, 0.717) is 17.4 Å². The van der Waals surface area contributed by atoms with E-state index in [2.05, 4.69) is 57.3 Å². The number of carbonyl (C=O) groups excluding carboxylic acids is 1. The van der Waals surface area contributed by atoms with Gasteiger partial charge in [0.2, 0.25) is 0 Å². The molecule has 0 aliphatic carbocycles. The predicted octanol–water partition coefficient (Wildman–Crippen LogP) is 9.31. The van der Waals surface area contributed by atoms with Crippen molar-refractivity contribution in [2.45, 2.75) is 59.0 Å². The molecule has 1 spiro atoms. The van der Waals surface area contributed by atoms with Gasteiger partial charge in [-0.25, -0.2) is 4.79 Å². The van der Waals surface area contributed by atoms with Gasteiger partial charge in [-0.3, -0.25) is 0 Å². The van der Waals surface area contributed by atoms with Gasteiger partial charge in [0.05, 0.1) is 11.1 Å². The summed E-state index contributed by atoms with van der Waals surface area (Å²) in [5.74, 6) is 2.24. The summed E-state index contributed by atoms with van der Waals surface area (Å²) in [4.78, 5) is 13.5. The fourth-order valence-electron chi connectivity index (χ4n) is 6.36. The van der Waals surface area contributed by atoms with Crippen LogP contribution in [0.3, 0.4) is 0 Å². The van der Waals surface area contributed by atoms with Crippen LogP contribution < -0.4 is 10.1 Å². The van der Waals surface area contributed by atoms with E-state index < -0.39 is 5.60 Å². The molecule has 0 amide bonds. The largest absolute Gasteiger partial charge is 0.456 e. The highest BCUT2D eigenvalue weighted by molar-refractivity contribution is 5.97. The lowest BCUT2D eigenvalue weighted by Crippen LogP contribution is -2.35. The molecule has 204 valence electrons. The lowest BCUT2D eigenvalue weighted by Gasteiger charge is -2.39. The molecule has 0 aromatic heterocycles. The first-order valence-corrected chi connectivity index (χ1v) is 14.5. The first-order valence-electron chi connectivity index (χ1n) is 14.5. The third-order valence-corrected chi connectivity index (χ3v) is 8.57. The second kappa shape index (κ2) is 10.5. The Balaban J connectivity index is 1.57. The van der Waals surface area contributed by atoms with Gasteiger partial charge in [0.15, 0.2) is 5.60 Å². The van der Waals surface area contributed by atoms with E-state index in [1.807, 2.05) is 60.7 Å². The minimum Gasteiger partial charge on any atom is -0.456 e. The maximum absolute atomic E-state index is 13.5. The van der Waals surface area contributed by atoms with Gasteiger partial charge in [0.1, 0.15) is 11.5 Å². The number of benzene rings is 4. The molecular formula is C36H37NO3. The van der Waals surface area contributed by atoms with Gasteiger partial charge in [0.25, 0.3) is 0 Å². The van der Waals surface area contributed by atoms with Gasteiger partial charge in [-0.1, -0.05) is 82.1 Å². The Bertz CT molecular complexity index is 1560. The van der Waals surface area contributed by atoms with Crippen LogP contribution in [0.2, 0.25) is 0 Å². The van der Waals surface area contributed by atoms with Crippen molar-refractivity contribution in [1.29, 1.82) is 0 Å². The lowest BCUT2D eigenvalue weighted by molar-refractivity contribution is 0.0221. The number of unbranched alkanes of at least 4 members (excludes halogenated alkanes) is 1. The summed E-state index contributed by atoms with van der Waals surface area (Å²) in [5.41, 5.74) is 6.40. The van der Waals surface area contributed by atoms with E-state index >= 15 is 0 Å². The van der Waals surface area contributed by atoms with Crippen LogP contribution in [0.1, 0.15) is 78.2 Å². The van der Waals surface area contributed by atoms with Crippen molar-refractivity contribution in [3.8, 4) is 11.5 Å². The molecular weight excluding hydrogens is 494 g/mol. The van der Waals surface area contributed by atoms with E-state index in [-0.39, 0.29) is 5.97 Å². The third-order valence-electron chi connectivity index (χ3n) is 8.57. The van der Waals surface area contributed by atoms with Crippen molar-refractivity contribution in [3.63, 3.8) is 0 Å². The van der Waals surface area contributed by atoms with Crippen molar-refractivity contribution >= 4 is 17.3 Å². The minimum atomic E-state index is -1.08. The summed E-state index contributed by atoms with van der Waals surface area (Å²) in [7, 11) is 0. The maximum Gasteiger partial charge on any atom is 0.340 e. The second-order valence-corrected chi connectivity index (χ2v) is 11.5. The normalized spacial score (nSPS) is 17.6. The van der Waals surface area contributed by atoms with Crippen LogP contribution in [-0.2, 0) is 16.8 Å². The van der Waals surface area contributed by atoms with Gasteiger partial charge in [-0.05, 0) is 79.1 Å². The third kappa shape index (κ3) is 4.36. The fourth-order valence-corrected chi connectivity index (χ4v) is 6.36. The Morgan fingerprint density at radius 3 is 2.42 bits per heavy atom. The molecule has 4 heteroatoms. The fraction of sp³-hybridized carbons (Fsp3) is 0.306. The molecule has 1 N–H and O–H groups in total. The molecule has 2 aliphatic heterocycles. The number of ether oxygens (including phenoxy) is 2. The number of nitrogens with one attached hydrogen (secondary N) is 1. The number of carbonyl (C=O) groups is 1. The highest BCUT2D eigenvalue weighted by atomic mass is 16.6. The summed E-state index contributed by atoms with van der Waals surface area (Å²) in [5, 5.41) is 3.58. The highest BCUT2D eigenvalue weighted by Gasteiger charge is 2.54. The van der Waals surface area contributed by atoms with Crippen molar-refractivity contribution in [1.82, 2.24) is 0 Å². The molecule has 2 atom stereocenters. The Morgan fingerprint density at radius 2 is 1.65 bits per heavy atom. The first kappa shape index (κ1) is 26.2. The van der Waals surface area contributed by atoms with Crippen molar-refractivity contribution in [2.24, 2.45) is 11.8 Å². The quantitative estimate of drug-likeness (QED) is 0.230. The molecule has 2 unspecified atom stereocenters. The minimum absolute atomic E-state index is 0.297. The Kier molecular flexibility index (Phi) is 6.87. The Morgan fingerprint density at radius 1 is 0.875 bits per heavy atom. The van der Waals surface area contributed by atoms with Gasteiger partial charge >= 0.3 is 5.97 Å². The van der Waals surface area contributed by atoms with E-state index in [1.54, 1.807) is 0 Å². The molecule has 0 saturated heterocycles. The molecule has 0 radical (unpaired) electrons. The summed E-state index contributed by atoms with van der Waals surface area (Å²) >= 11 is 0. The van der Waals surface area contributed by atoms with Gasteiger partial charge in [0, 0.05) is 22.5 Å². The van der Waals surface area contributed by atoms with Crippen LogP contribution in [0.15, 0.2) is 84.9 Å². The Hall–Kier alpha value is -4.05. The second-order valence-electron chi connectivity index (χ2n) is 11.5. The molecule has 6 rings (SSSR count). The van der Waals surface area contributed by atoms with E-state index in [0.717, 1.165) is 51.5 Å². The van der Waals surface area contributed by atoms with Gasteiger partial charge < -0.3 is 14.8 Å². The summed E-state index contributed by atoms with van der Waals surface area (Å²) in [6.45, 7) is 8.95. The zero-order valence-corrected chi connectivity index (χ0v) is 23.8. The van der Waals surface area contributed by atoms with E-state index in [1.165, 1.54) is 24.8 Å². The molecule has 0 bridgehead atoms. The number of anilines is 2. The van der Waals surface area contributed by atoms with Crippen LogP contribution in [-0.4, -0.2) is 5.97 Å². The highest BCUT2D eigenvalue weighted by Crippen LogP contribution is 2.58. The number of rotatable bonds is 8. The monoisotopic (exact) mass is 531 g/mol. The molecule has 4 nitrogen and oxygen atoms in total. The maximum atomic E-state index is 13.5. The smallest absolute Gasteiger partial charge is 0.340 e. The van der Waals surface area contributed by atoms with Crippen molar-refractivity contribution in [2.75, 3.05) is 5.32 Å². The van der Waals surface area contributed by atoms with Crippen LogP contribution in [0, 0.1) is 18.8 Å².